The van der Waals surface area contributed by atoms with E-state index in [0.29, 0.717) is 17.9 Å². The minimum Gasteiger partial charge on any atom is -0.395 e. The molecular formula is C15H25N5O. The third-order valence-corrected chi connectivity index (χ3v) is 4.55. The van der Waals surface area contributed by atoms with Crippen molar-refractivity contribution in [3.63, 3.8) is 0 Å². The predicted molar refractivity (Wildman–Crippen MR) is 82.1 cm³/mol. The van der Waals surface area contributed by atoms with Gasteiger partial charge in [0.15, 0.2) is 0 Å². The van der Waals surface area contributed by atoms with Crippen LogP contribution >= 0.6 is 0 Å². The molecule has 1 aromatic rings. The molecule has 0 aromatic carbocycles. The van der Waals surface area contributed by atoms with Gasteiger partial charge in [-0.2, -0.15) is 5.10 Å². The molecular weight excluding hydrogens is 266 g/mol. The average molecular weight is 291 g/mol. The van der Waals surface area contributed by atoms with E-state index in [1.54, 1.807) is 4.68 Å². The van der Waals surface area contributed by atoms with Gasteiger partial charge >= 0.3 is 0 Å². The van der Waals surface area contributed by atoms with Gasteiger partial charge in [-0.05, 0) is 32.6 Å². The first-order chi connectivity index (χ1) is 10.1. The lowest BCUT2D eigenvalue weighted by molar-refractivity contribution is 0.0621. The van der Waals surface area contributed by atoms with Crippen LogP contribution in [0.1, 0.15) is 35.9 Å². The smallest absolute Gasteiger partial charge is 0.274 e. The first-order valence-corrected chi connectivity index (χ1v) is 7.94. The molecule has 1 aromatic heterocycles. The molecule has 1 saturated carbocycles. The van der Waals surface area contributed by atoms with Crippen molar-refractivity contribution < 1.29 is 4.79 Å². The molecule has 1 saturated heterocycles. The zero-order chi connectivity index (χ0) is 15.0. The van der Waals surface area contributed by atoms with E-state index in [1.807, 2.05) is 18.7 Å². The highest BCUT2D eigenvalue weighted by Crippen LogP contribution is 2.30. The summed E-state index contributed by atoms with van der Waals surface area (Å²) in [6, 6.07) is 0. The Balaban J connectivity index is 1.66. The molecule has 0 unspecified atom stereocenters. The van der Waals surface area contributed by atoms with Gasteiger partial charge in [0.05, 0.1) is 11.4 Å². The topological polar surface area (TPSA) is 67.4 Å². The van der Waals surface area contributed by atoms with Crippen LogP contribution in [0, 0.1) is 12.8 Å². The zero-order valence-electron chi connectivity index (χ0n) is 13.0. The van der Waals surface area contributed by atoms with Crippen LogP contribution in [0.15, 0.2) is 0 Å². The summed E-state index contributed by atoms with van der Waals surface area (Å²) in [5.41, 5.74) is 7.88. The summed E-state index contributed by atoms with van der Waals surface area (Å²) >= 11 is 0. The first-order valence-electron chi connectivity index (χ1n) is 7.94. The number of carbonyl (C=O) groups excluding carboxylic acids is 1. The Bertz CT molecular complexity index is 526. The standard InChI is InChI=1S/C15H25N5O/c1-3-20-14(13(16)11(2)17-20)15(21)19-8-6-18(7-9-19)10-12-4-5-12/h12H,3-10,16H2,1-2H3. The van der Waals surface area contributed by atoms with Gasteiger partial charge in [0, 0.05) is 39.3 Å². The van der Waals surface area contributed by atoms with Gasteiger partial charge in [-0.1, -0.05) is 0 Å². The fourth-order valence-electron chi connectivity index (χ4n) is 3.00. The van der Waals surface area contributed by atoms with E-state index in [1.165, 1.54) is 19.4 Å². The highest BCUT2D eigenvalue weighted by molar-refractivity contribution is 5.98. The summed E-state index contributed by atoms with van der Waals surface area (Å²) in [6.45, 7) is 9.24. The molecule has 6 heteroatoms. The lowest BCUT2D eigenvalue weighted by Gasteiger charge is -2.34. The number of carbonyl (C=O) groups is 1. The molecule has 2 N–H and O–H groups in total. The summed E-state index contributed by atoms with van der Waals surface area (Å²) in [5.74, 6) is 0.938. The van der Waals surface area contributed by atoms with Crippen molar-refractivity contribution in [3.8, 4) is 0 Å². The minimum atomic E-state index is 0.0287. The van der Waals surface area contributed by atoms with Crippen LogP contribution in [0.2, 0.25) is 0 Å². The summed E-state index contributed by atoms with van der Waals surface area (Å²) in [5, 5.41) is 4.34. The van der Waals surface area contributed by atoms with E-state index in [2.05, 4.69) is 10.00 Å². The van der Waals surface area contributed by atoms with Crippen molar-refractivity contribution in [2.75, 3.05) is 38.5 Å². The summed E-state index contributed by atoms with van der Waals surface area (Å²) in [4.78, 5) is 17.1. The number of amides is 1. The number of rotatable bonds is 4. The van der Waals surface area contributed by atoms with Crippen LogP contribution in [0.4, 0.5) is 5.69 Å². The summed E-state index contributed by atoms with van der Waals surface area (Å²) in [6.07, 6.45) is 2.76. The van der Waals surface area contributed by atoms with Crippen molar-refractivity contribution in [1.29, 1.82) is 0 Å². The van der Waals surface area contributed by atoms with Gasteiger partial charge < -0.3 is 10.6 Å². The fourth-order valence-corrected chi connectivity index (χ4v) is 3.00. The van der Waals surface area contributed by atoms with Crippen molar-refractivity contribution in [2.45, 2.75) is 33.2 Å². The molecule has 116 valence electrons. The lowest BCUT2D eigenvalue weighted by Crippen LogP contribution is -2.49. The number of anilines is 1. The largest absolute Gasteiger partial charge is 0.395 e. The second-order valence-corrected chi connectivity index (χ2v) is 6.20. The van der Waals surface area contributed by atoms with E-state index < -0.39 is 0 Å². The maximum absolute atomic E-state index is 12.7. The summed E-state index contributed by atoms with van der Waals surface area (Å²) < 4.78 is 1.73. The maximum Gasteiger partial charge on any atom is 0.274 e. The molecule has 1 aliphatic heterocycles. The predicted octanol–water partition coefficient (Wildman–Crippen LogP) is 0.961. The molecule has 6 nitrogen and oxygen atoms in total. The number of piperazine rings is 1. The second-order valence-electron chi connectivity index (χ2n) is 6.20. The normalized spacial score (nSPS) is 20.0. The molecule has 3 rings (SSSR count). The Labute approximate surface area is 125 Å². The molecule has 0 spiro atoms. The van der Waals surface area contributed by atoms with Crippen LogP contribution in [0.25, 0.3) is 0 Å². The molecule has 2 fully saturated rings. The Morgan fingerprint density at radius 1 is 1.29 bits per heavy atom. The third-order valence-electron chi connectivity index (χ3n) is 4.55. The Hall–Kier alpha value is -1.56. The number of hydrogen-bond donors (Lipinski definition) is 1. The Morgan fingerprint density at radius 3 is 2.52 bits per heavy atom. The summed E-state index contributed by atoms with van der Waals surface area (Å²) in [7, 11) is 0. The van der Waals surface area contributed by atoms with Crippen LogP contribution in [0.5, 0.6) is 0 Å². The number of hydrogen-bond acceptors (Lipinski definition) is 4. The van der Waals surface area contributed by atoms with E-state index in [9.17, 15) is 4.79 Å². The number of nitrogens with zero attached hydrogens (tertiary/aromatic N) is 4. The van der Waals surface area contributed by atoms with Gasteiger partial charge in [-0.25, -0.2) is 0 Å². The number of nitrogens with two attached hydrogens (primary N) is 1. The van der Waals surface area contributed by atoms with Gasteiger partial charge in [0.2, 0.25) is 0 Å². The number of nitrogen functional groups attached to an aromatic ring is 1. The molecule has 21 heavy (non-hydrogen) atoms. The van der Waals surface area contributed by atoms with Crippen LogP contribution in [-0.4, -0.2) is 58.2 Å². The van der Waals surface area contributed by atoms with E-state index in [4.69, 9.17) is 5.73 Å². The molecule has 1 amide bonds. The molecule has 0 atom stereocenters. The van der Waals surface area contributed by atoms with E-state index in [-0.39, 0.29) is 5.91 Å². The fraction of sp³-hybridized carbons (Fsp3) is 0.733. The Kier molecular flexibility index (Phi) is 3.89. The monoisotopic (exact) mass is 291 g/mol. The third kappa shape index (κ3) is 2.90. The molecule has 2 heterocycles. The molecule has 2 aliphatic rings. The maximum atomic E-state index is 12.7. The lowest BCUT2D eigenvalue weighted by atomic mass is 10.2. The number of aromatic nitrogens is 2. The van der Waals surface area contributed by atoms with Crippen LogP contribution in [-0.2, 0) is 6.54 Å². The highest BCUT2D eigenvalue weighted by atomic mass is 16.2. The first kappa shape index (κ1) is 14.4. The van der Waals surface area contributed by atoms with Crippen molar-refractivity contribution >= 4 is 11.6 Å². The van der Waals surface area contributed by atoms with Crippen molar-refractivity contribution in [1.82, 2.24) is 19.6 Å². The Morgan fingerprint density at radius 2 is 1.95 bits per heavy atom. The van der Waals surface area contributed by atoms with Gasteiger partial charge in [0.25, 0.3) is 5.91 Å². The van der Waals surface area contributed by atoms with Gasteiger partial charge in [-0.15, -0.1) is 0 Å². The molecule has 0 bridgehead atoms. The van der Waals surface area contributed by atoms with E-state index in [0.717, 1.165) is 37.8 Å². The van der Waals surface area contributed by atoms with Crippen molar-refractivity contribution in [3.05, 3.63) is 11.4 Å². The van der Waals surface area contributed by atoms with Gasteiger partial charge in [0.1, 0.15) is 5.69 Å². The average Bonchev–Trinajstić information content (AvgIpc) is 3.25. The molecule has 0 radical (unpaired) electrons. The highest BCUT2D eigenvalue weighted by Gasteiger charge is 2.30. The van der Waals surface area contributed by atoms with Crippen molar-refractivity contribution in [2.24, 2.45) is 5.92 Å². The van der Waals surface area contributed by atoms with Crippen LogP contribution in [0.3, 0.4) is 0 Å². The van der Waals surface area contributed by atoms with Gasteiger partial charge in [-0.3, -0.25) is 14.4 Å². The second kappa shape index (κ2) is 5.67. The number of aryl methyl sites for hydroxylation is 2. The SMILES string of the molecule is CCn1nc(C)c(N)c1C(=O)N1CCN(CC2CC2)CC1. The minimum absolute atomic E-state index is 0.0287. The molecule has 1 aliphatic carbocycles. The quantitative estimate of drug-likeness (QED) is 0.897. The van der Waals surface area contributed by atoms with E-state index >= 15 is 0 Å². The van der Waals surface area contributed by atoms with Crippen LogP contribution < -0.4 is 5.73 Å². The zero-order valence-corrected chi connectivity index (χ0v) is 13.0.